The summed E-state index contributed by atoms with van der Waals surface area (Å²) < 4.78 is 1.58. The number of nitrogens with zero attached hydrogens (tertiary/aromatic N) is 6. The summed E-state index contributed by atoms with van der Waals surface area (Å²) in [4.78, 5) is 17.8. The fourth-order valence-corrected chi connectivity index (χ4v) is 4.35. The second-order valence-electron chi connectivity index (χ2n) is 6.85. The molecule has 2 fully saturated rings. The van der Waals surface area contributed by atoms with Gasteiger partial charge in [0.2, 0.25) is 0 Å². The number of amides is 1. The molecule has 2 aromatic rings. The molecule has 0 N–H and O–H groups in total. The first kappa shape index (κ1) is 16.2. The van der Waals surface area contributed by atoms with Crippen molar-refractivity contribution in [2.24, 2.45) is 0 Å². The zero-order chi connectivity index (χ0) is 17.2. The predicted molar refractivity (Wildman–Crippen MR) is 93.5 cm³/mol. The van der Waals surface area contributed by atoms with Crippen molar-refractivity contribution in [2.45, 2.75) is 44.7 Å². The monoisotopic (exact) mass is 340 g/mol. The van der Waals surface area contributed by atoms with Gasteiger partial charge in [-0.25, -0.2) is 4.68 Å². The van der Waals surface area contributed by atoms with Gasteiger partial charge in [-0.05, 0) is 67.4 Å². The zero-order valence-corrected chi connectivity index (χ0v) is 14.6. The van der Waals surface area contributed by atoms with Crippen molar-refractivity contribution in [3.05, 3.63) is 36.2 Å². The maximum atomic E-state index is 13.2. The van der Waals surface area contributed by atoms with Crippen LogP contribution in [0.4, 0.5) is 0 Å². The van der Waals surface area contributed by atoms with Crippen LogP contribution in [0.1, 0.15) is 43.0 Å². The second-order valence-corrected chi connectivity index (χ2v) is 6.85. The number of likely N-dealkylation sites (tertiary alicyclic amines) is 2. The summed E-state index contributed by atoms with van der Waals surface area (Å²) in [6, 6.07) is 8.41. The van der Waals surface area contributed by atoms with Crippen LogP contribution in [0.5, 0.6) is 0 Å². The first-order valence-electron chi connectivity index (χ1n) is 9.16. The Hall–Kier alpha value is -2.28. The standard InChI is InChI=1S/C18H24N6O/c1-2-22-10-4-8-16(22)17-9-5-11-23(17)18(25)14-6-3-7-15(12-14)24-13-19-20-21-24/h3,6-7,12-13,16-17H,2,4-5,8-11H2,1H3. The number of hydrogen-bond donors (Lipinski definition) is 0. The van der Waals surface area contributed by atoms with Gasteiger partial charge in [-0.3, -0.25) is 9.69 Å². The molecule has 0 bridgehead atoms. The molecule has 2 atom stereocenters. The van der Waals surface area contributed by atoms with E-state index >= 15 is 0 Å². The molecule has 0 aliphatic carbocycles. The lowest BCUT2D eigenvalue weighted by atomic mass is 10.0. The highest BCUT2D eigenvalue weighted by Crippen LogP contribution is 2.31. The third-order valence-corrected chi connectivity index (χ3v) is 5.53. The molecular formula is C18H24N6O. The van der Waals surface area contributed by atoms with Gasteiger partial charge < -0.3 is 4.90 Å². The van der Waals surface area contributed by atoms with E-state index in [1.54, 1.807) is 11.0 Å². The van der Waals surface area contributed by atoms with Gasteiger partial charge in [-0.15, -0.1) is 5.10 Å². The number of carbonyl (C=O) groups is 1. The van der Waals surface area contributed by atoms with Crippen LogP contribution in [-0.2, 0) is 0 Å². The lowest BCUT2D eigenvalue weighted by Crippen LogP contribution is -2.48. The number of carbonyl (C=O) groups excluding carboxylic acids is 1. The van der Waals surface area contributed by atoms with E-state index in [2.05, 4.69) is 32.2 Å². The van der Waals surface area contributed by atoms with Crippen LogP contribution in [0.2, 0.25) is 0 Å². The number of likely N-dealkylation sites (N-methyl/N-ethyl adjacent to an activating group) is 1. The van der Waals surface area contributed by atoms with Crippen LogP contribution < -0.4 is 0 Å². The summed E-state index contributed by atoms with van der Waals surface area (Å²) in [5, 5.41) is 11.2. The molecule has 2 aliphatic heterocycles. The Morgan fingerprint density at radius 2 is 2.04 bits per heavy atom. The van der Waals surface area contributed by atoms with Crippen LogP contribution >= 0.6 is 0 Å². The molecule has 0 saturated carbocycles. The summed E-state index contributed by atoms with van der Waals surface area (Å²) in [6.45, 7) is 5.30. The number of aromatic nitrogens is 4. The molecule has 2 unspecified atom stereocenters. The Morgan fingerprint density at radius 1 is 1.20 bits per heavy atom. The number of rotatable bonds is 4. The van der Waals surface area contributed by atoms with Crippen molar-refractivity contribution in [3.8, 4) is 5.69 Å². The van der Waals surface area contributed by atoms with Crippen LogP contribution in [0.15, 0.2) is 30.6 Å². The number of benzene rings is 1. The van der Waals surface area contributed by atoms with Crippen molar-refractivity contribution < 1.29 is 4.79 Å². The Morgan fingerprint density at radius 3 is 2.84 bits per heavy atom. The molecule has 1 amide bonds. The van der Waals surface area contributed by atoms with E-state index < -0.39 is 0 Å². The van der Waals surface area contributed by atoms with E-state index in [1.165, 1.54) is 12.8 Å². The average Bonchev–Trinajstić information content (AvgIpc) is 3.41. The van der Waals surface area contributed by atoms with Gasteiger partial charge in [0.1, 0.15) is 6.33 Å². The molecule has 25 heavy (non-hydrogen) atoms. The smallest absolute Gasteiger partial charge is 0.254 e. The number of hydrogen-bond acceptors (Lipinski definition) is 5. The van der Waals surface area contributed by atoms with Crippen molar-refractivity contribution in [3.63, 3.8) is 0 Å². The molecule has 1 aromatic carbocycles. The van der Waals surface area contributed by atoms with Gasteiger partial charge in [0, 0.05) is 24.2 Å². The zero-order valence-electron chi connectivity index (χ0n) is 14.6. The minimum Gasteiger partial charge on any atom is -0.334 e. The van der Waals surface area contributed by atoms with Crippen molar-refractivity contribution in [1.29, 1.82) is 0 Å². The van der Waals surface area contributed by atoms with Crippen LogP contribution in [-0.4, -0.2) is 67.6 Å². The van der Waals surface area contributed by atoms with Gasteiger partial charge in [-0.2, -0.15) is 0 Å². The van der Waals surface area contributed by atoms with Crippen LogP contribution in [0.3, 0.4) is 0 Å². The minimum atomic E-state index is 0.125. The van der Waals surface area contributed by atoms with Gasteiger partial charge >= 0.3 is 0 Å². The molecule has 0 spiro atoms. The maximum absolute atomic E-state index is 13.2. The molecule has 3 heterocycles. The maximum Gasteiger partial charge on any atom is 0.254 e. The van der Waals surface area contributed by atoms with E-state index in [-0.39, 0.29) is 5.91 Å². The largest absolute Gasteiger partial charge is 0.334 e. The lowest BCUT2D eigenvalue weighted by Gasteiger charge is -2.34. The fraction of sp³-hybridized carbons (Fsp3) is 0.556. The Labute approximate surface area is 147 Å². The Kier molecular flexibility index (Phi) is 4.48. The van der Waals surface area contributed by atoms with Gasteiger partial charge in [0.15, 0.2) is 0 Å². The third-order valence-electron chi connectivity index (χ3n) is 5.53. The summed E-state index contributed by atoms with van der Waals surface area (Å²) >= 11 is 0. The van der Waals surface area contributed by atoms with Crippen molar-refractivity contribution in [2.75, 3.05) is 19.6 Å². The van der Waals surface area contributed by atoms with E-state index in [0.717, 1.165) is 38.2 Å². The van der Waals surface area contributed by atoms with Crippen molar-refractivity contribution in [1.82, 2.24) is 30.0 Å². The summed E-state index contributed by atoms with van der Waals surface area (Å²) in [7, 11) is 0. The van der Waals surface area contributed by atoms with E-state index in [9.17, 15) is 4.79 Å². The van der Waals surface area contributed by atoms with Gasteiger partial charge in [0.25, 0.3) is 5.91 Å². The molecule has 0 radical (unpaired) electrons. The van der Waals surface area contributed by atoms with Gasteiger partial charge in [-0.1, -0.05) is 13.0 Å². The number of tetrazole rings is 1. The lowest BCUT2D eigenvalue weighted by molar-refractivity contribution is 0.0650. The van der Waals surface area contributed by atoms with Crippen LogP contribution in [0, 0.1) is 0 Å². The quantitative estimate of drug-likeness (QED) is 0.848. The molecule has 132 valence electrons. The van der Waals surface area contributed by atoms with E-state index in [1.807, 2.05) is 24.3 Å². The van der Waals surface area contributed by atoms with E-state index in [0.29, 0.717) is 17.6 Å². The molecular weight excluding hydrogens is 316 g/mol. The predicted octanol–water partition coefficient (Wildman–Crippen LogP) is 1.75. The molecule has 7 heteroatoms. The third kappa shape index (κ3) is 3.04. The molecule has 2 saturated heterocycles. The van der Waals surface area contributed by atoms with E-state index in [4.69, 9.17) is 0 Å². The molecule has 2 aliphatic rings. The van der Waals surface area contributed by atoms with Crippen LogP contribution in [0.25, 0.3) is 5.69 Å². The first-order chi connectivity index (χ1) is 12.3. The van der Waals surface area contributed by atoms with Gasteiger partial charge in [0.05, 0.1) is 5.69 Å². The Bertz CT molecular complexity index is 731. The minimum absolute atomic E-state index is 0.125. The molecule has 1 aromatic heterocycles. The fourth-order valence-electron chi connectivity index (χ4n) is 4.35. The van der Waals surface area contributed by atoms with Crippen molar-refractivity contribution >= 4 is 5.91 Å². The topological polar surface area (TPSA) is 67.2 Å². The normalized spacial score (nSPS) is 24.1. The summed E-state index contributed by atoms with van der Waals surface area (Å²) in [5.41, 5.74) is 1.52. The average molecular weight is 340 g/mol. The highest BCUT2D eigenvalue weighted by molar-refractivity contribution is 5.95. The highest BCUT2D eigenvalue weighted by Gasteiger charge is 2.39. The Balaban J connectivity index is 1.57. The second kappa shape index (κ2) is 6.92. The highest BCUT2D eigenvalue weighted by atomic mass is 16.2. The summed E-state index contributed by atoms with van der Waals surface area (Å²) in [6.07, 6.45) is 6.19. The summed E-state index contributed by atoms with van der Waals surface area (Å²) in [5.74, 6) is 0.125. The molecule has 7 nitrogen and oxygen atoms in total. The SMILES string of the molecule is CCN1CCCC1C1CCCN1C(=O)c1cccc(-n2cnnn2)c1. The molecule has 4 rings (SSSR count). The first-order valence-corrected chi connectivity index (χ1v) is 9.16.